The fourth-order valence-electron chi connectivity index (χ4n) is 2.26. The molecule has 8 heteroatoms. The third-order valence-corrected chi connectivity index (χ3v) is 4.66. The van der Waals surface area contributed by atoms with Gasteiger partial charge in [-0.15, -0.1) is 0 Å². The molecule has 0 unspecified atom stereocenters. The summed E-state index contributed by atoms with van der Waals surface area (Å²) in [5, 5.41) is 14.2. The first-order chi connectivity index (χ1) is 10.7. The van der Waals surface area contributed by atoms with Crippen LogP contribution in [-0.2, 0) is 10.0 Å². The highest BCUT2D eigenvalue weighted by molar-refractivity contribution is 7.89. The van der Waals surface area contributed by atoms with Crippen LogP contribution in [0.25, 0.3) is 0 Å². The quantitative estimate of drug-likeness (QED) is 0.646. The summed E-state index contributed by atoms with van der Waals surface area (Å²) in [6.07, 6.45) is 0. The lowest BCUT2D eigenvalue weighted by Crippen LogP contribution is -2.18. The number of aryl methyl sites for hydroxylation is 2. The topological polar surface area (TPSA) is 101 Å². The van der Waals surface area contributed by atoms with Crippen molar-refractivity contribution in [2.75, 3.05) is 12.4 Å². The minimum Gasteiger partial charge on any atom is -0.350 e. The van der Waals surface area contributed by atoms with E-state index in [2.05, 4.69) is 10.0 Å². The minimum atomic E-state index is -3.74. The third kappa shape index (κ3) is 3.85. The van der Waals surface area contributed by atoms with Gasteiger partial charge in [-0.05, 0) is 56.3 Å². The molecule has 2 N–H and O–H groups in total. The fourth-order valence-corrected chi connectivity index (χ4v) is 3.01. The van der Waals surface area contributed by atoms with E-state index < -0.39 is 14.9 Å². The van der Waals surface area contributed by atoms with Crippen LogP contribution in [0.5, 0.6) is 0 Å². The molecule has 0 aliphatic carbocycles. The molecule has 2 aromatic rings. The van der Waals surface area contributed by atoms with Crippen LogP contribution in [0.4, 0.5) is 17.1 Å². The number of sulfonamides is 1. The van der Waals surface area contributed by atoms with Gasteiger partial charge in [0.15, 0.2) is 0 Å². The van der Waals surface area contributed by atoms with Gasteiger partial charge in [0.1, 0.15) is 5.69 Å². The van der Waals surface area contributed by atoms with Crippen LogP contribution in [0.1, 0.15) is 11.1 Å². The Kier molecular flexibility index (Phi) is 4.67. The normalized spacial score (nSPS) is 11.3. The first-order valence-corrected chi connectivity index (χ1v) is 8.28. The highest BCUT2D eigenvalue weighted by Crippen LogP contribution is 2.30. The molecule has 0 spiro atoms. The van der Waals surface area contributed by atoms with Crippen molar-refractivity contribution in [3.8, 4) is 0 Å². The van der Waals surface area contributed by atoms with Gasteiger partial charge in [0, 0.05) is 11.8 Å². The van der Waals surface area contributed by atoms with Crippen LogP contribution < -0.4 is 10.0 Å². The number of benzene rings is 2. The monoisotopic (exact) mass is 335 g/mol. The number of nitrogens with zero attached hydrogens (tertiary/aromatic N) is 1. The van der Waals surface area contributed by atoms with Gasteiger partial charge in [-0.2, -0.15) is 0 Å². The Labute approximate surface area is 134 Å². The van der Waals surface area contributed by atoms with Gasteiger partial charge >= 0.3 is 0 Å². The summed E-state index contributed by atoms with van der Waals surface area (Å²) in [6.45, 7) is 3.85. The molecule has 0 saturated carbocycles. The number of nitro benzene ring substituents is 1. The second-order valence-corrected chi connectivity index (χ2v) is 7.03. The highest BCUT2D eigenvalue weighted by atomic mass is 32.2. The minimum absolute atomic E-state index is 0.155. The van der Waals surface area contributed by atoms with Crippen molar-refractivity contribution in [2.45, 2.75) is 18.7 Å². The van der Waals surface area contributed by atoms with Gasteiger partial charge in [0.05, 0.1) is 9.82 Å². The van der Waals surface area contributed by atoms with Gasteiger partial charge in [-0.25, -0.2) is 13.1 Å². The number of hydrogen-bond acceptors (Lipinski definition) is 5. The van der Waals surface area contributed by atoms with Gasteiger partial charge in [-0.3, -0.25) is 10.1 Å². The van der Waals surface area contributed by atoms with E-state index in [1.54, 1.807) is 0 Å². The van der Waals surface area contributed by atoms with Crippen molar-refractivity contribution >= 4 is 27.1 Å². The van der Waals surface area contributed by atoms with Crippen molar-refractivity contribution in [2.24, 2.45) is 0 Å². The number of nitro groups is 1. The lowest BCUT2D eigenvalue weighted by atomic mass is 10.1. The van der Waals surface area contributed by atoms with Gasteiger partial charge in [-0.1, -0.05) is 6.07 Å². The molecule has 0 aliphatic rings. The molecule has 2 rings (SSSR count). The summed E-state index contributed by atoms with van der Waals surface area (Å²) in [5.41, 5.74) is 2.67. The lowest BCUT2D eigenvalue weighted by Gasteiger charge is -2.10. The molecule has 23 heavy (non-hydrogen) atoms. The predicted octanol–water partition coefficient (Wildman–Crippen LogP) is 2.86. The van der Waals surface area contributed by atoms with Gasteiger partial charge in [0.2, 0.25) is 10.0 Å². The fraction of sp³-hybridized carbons (Fsp3) is 0.200. The van der Waals surface area contributed by atoms with Crippen LogP contribution in [0.2, 0.25) is 0 Å². The maximum absolute atomic E-state index is 11.8. The summed E-state index contributed by atoms with van der Waals surface area (Å²) < 4.78 is 25.7. The van der Waals surface area contributed by atoms with Crippen molar-refractivity contribution < 1.29 is 13.3 Å². The zero-order valence-corrected chi connectivity index (χ0v) is 13.8. The summed E-state index contributed by atoms with van der Waals surface area (Å²) in [6, 6.07) is 9.45. The van der Waals surface area contributed by atoms with Crippen LogP contribution in [0, 0.1) is 24.0 Å². The Hall–Kier alpha value is -2.45. The van der Waals surface area contributed by atoms with Crippen LogP contribution in [-0.4, -0.2) is 20.4 Å². The van der Waals surface area contributed by atoms with E-state index >= 15 is 0 Å². The van der Waals surface area contributed by atoms with E-state index in [1.807, 2.05) is 32.0 Å². The highest BCUT2D eigenvalue weighted by Gasteiger charge is 2.20. The van der Waals surface area contributed by atoms with Crippen molar-refractivity contribution in [3.63, 3.8) is 0 Å². The van der Waals surface area contributed by atoms with E-state index in [-0.39, 0.29) is 16.3 Å². The zero-order chi connectivity index (χ0) is 17.2. The number of hydrogen-bond donors (Lipinski definition) is 2. The molecule has 2 aromatic carbocycles. The van der Waals surface area contributed by atoms with E-state index in [1.165, 1.54) is 19.2 Å². The molecule has 0 atom stereocenters. The molecule has 0 aliphatic heterocycles. The molecular formula is C15H17N3O4S. The smallest absolute Gasteiger partial charge is 0.294 e. The van der Waals surface area contributed by atoms with Crippen LogP contribution in [0.15, 0.2) is 41.3 Å². The molecule has 0 saturated heterocycles. The molecule has 122 valence electrons. The standard InChI is InChI=1S/C15H17N3O4S/c1-10-6-11(2)8-12(7-10)17-14-5-4-13(23(21,22)16-3)9-15(14)18(19)20/h4-9,16-17H,1-3H3. The van der Waals surface area contributed by atoms with Gasteiger partial charge in [0.25, 0.3) is 5.69 Å². The Morgan fingerprint density at radius 1 is 1.04 bits per heavy atom. The zero-order valence-electron chi connectivity index (χ0n) is 13.0. The third-order valence-electron chi connectivity index (χ3n) is 3.25. The van der Waals surface area contributed by atoms with E-state index in [0.717, 1.165) is 17.2 Å². The summed E-state index contributed by atoms with van der Waals surface area (Å²) >= 11 is 0. The van der Waals surface area contributed by atoms with E-state index in [9.17, 15) is 18.5 Å². The Morgan fingerprint density at radius 2 is 1.65 bits per heavy atom. The maximum Gasteiger partial charge on any atom is 0.294 e. The summed E-state index contributed by atoms with van der Waals surface area (Å²) in [5.74, 6) is 0. The molecule has 0 heterocycles. The molecule has 0 radical (unpaired) electrons. The summed E-state index contributed by atoms with van der Waals surface area (Å²) in [7, 11) is -2.49. The van der Waals surface area contributed by atoms with Crippen molar-refractivity contribution in [1.29, 1.82) is 0 Å². The molecule has 0 bridgehead atoms. The molecular weight excluding hydrogens is 318 g/mol. The Morgan fingerprint density at radius 3 is 2.17 bits per heavy atom. The van der Waals surface area contributed by atoms with Gasteiger partial charge < -0.3 is 5.32 Å². The maximum atomic E-state index is 11.8. The molecule has 0 fully saturated rings. The lowest BCUT2D eigenvalue weighted by molar-refractivity contribution is -0.384. The van der Waals surface area contributed by atoms with E-state index in [0.29, 0.717) is 5.69 Å². The first kappa shape index (κ1) is 16.9. The number of anilines is 2. The average Bonchev–Trinajstić information content (AvgIpc) is 2.46. The predicted molar refractivity (Wildman–Crippen MR) is 88.5 cm³/mol. The van der Waals surface area contributed by atoms with Crippen molar-refractivity contribution in [1.82, 2.24) is 4.72 Å². The number of nitrogens with one attached hydrogen (secondary N) is 2. The average molecular weight is 335 g/mol. The molecule has 0 amide bonds. The molecule has 7 nitrogen and oxygen atoms in total. The first-order valence-electron chi connectivity index (χ1n) is 6.80. The molecule has 0 aromatic heterocycles. The van der Waals surface area contributed by atoms with E-state index in [4.69, 9.17) is 0 Å². The summed E-state index contributed by atoms with van der Waals surface area (Å²) in [4.78, 5) is 10.5. The van der Waals surface area contributed by atoms with Crippen LogP contribution in [0.3, 0.4) is 0 Å². The Balaban J connectivity index is 2.48. The van der Waals surface area contributed by atoms with Crippen LogP contribution >= 0.6 is 0 Å². The second kappa shape index (κ2) is 6.35. The SMILES string of the molecule is CNS(=O)(=O)c1ccc(Nc2cc(C)cc(C)c2)c([N+](=O)[O-])c1. The Bertz CT molecular complexity index is 843. The number of rotatable bonds is 5. The second-order valence-electron chi connectivity index (χ2n) is 5.15. The largest absolute Gasteiger partial charge is 0.350 e. The van der Waals surface area contributed by atoms with Crippen molar-refractivity contribution in [3.05, 3.63) is 57.6 Å².